The number of rotatable bonds is 5. The van der Waals surface area contributed by atoms with Crippen LogP contribution >= 0.6 is 0 Å². The van der Waals surface area contributed by atoms with E-state index in [4.69, 9.17) is 0 Å². The summed E-state index contributed by atoms with van der Waals surface area (Å²) in [5, 5.41) is 13.9. The molecule has 1 aliphatic heterocycles. The summed E-state index contributed by atoms with van der Waals surface area (Å²) in [4.78, 5) is 0.391. The van der Waals surface area contributed by atoms with Crippen molar-refractivity contribution in [2.45, 2.75) is 55.7 Å². The first-order chi connectivity index (χ1) is 12.4. The van der Waals surface area contributed by atoms with Crippen molar-refractivity contribution in [2.24, 2.45) is 0 Å². The fourth-order valence-corrected chi connectivity index (χ4v) is 5.96. The predicted molar refractivity (Wildman–Crippen MR) is 104 cm³/mol. The second kappa shape index (κ2) is 7.51. The van der Waals surface area contributed by atoms with Gasteiger partial charge >= 0.3 is 0 Å². The van der Waals surface area contributed by atoms with Gasteiger partial charge in [0.2, 0.25) is 0 Å². The van der Waals surface area contributed by atoms with Crippen molar-refractivity contribution in [3.05, 3.63) is 65.7 Å². The highest BCUT2D eigenvalue weighted by Gasteiger charge is 2.42. The summed E-state index contributed by atoms with van der Waals surface area (Å²) in [7, 11) is -3.47. The van der Waals surface area contributed by atoms with Gasteiger partial charge in [-0.1, -0.05) is 62.4 Å². The maximum Gasteiger partial charge on any atom is 0.180 e. The van der Waals surface area contributed by atoms with Gasteiger partial charge in [0.15, 0.2) is 9.84 Å². The molecule has 2 N–H and O–H groups in total. The standard InChI is InChI=1S/C21H27NO3S/c1-3-17(23)14-21(4-2)15-26(24,25)19-13-9-8-12-18(19)20(22-21)16-10-6-5-7-11-16/h5-13,17,20,22-23H,3-4,14-15H2,1-2H3/t17-,20?,21?/m0/s1. The van der Waals surface area contributed by atoms with E-state index in [0.29, 0.717) is 24.2 Å². The summed E-state index contributed by atoms with van der Waals surface area (Å²) in [6.07, 6.45) is 1.11. The summed E-state index contributed by atoms with van der Waals surface area (Å²) in [6, 6.07) is 16.9. The summed E-state index contributed by atoms with van der Waals surface area (Å²) in [6.45, 7) is 3.91. The lowest BCUT2D eigenvalue weighted by molar-refractivity contribution is 0.115. The topological polar surface area (TPSA) is 66.4 Å². The van der Waals surface area contributed by atoms with Gasteiger partial charge < -0.3 is 5.11 Å². The minimum Gasteiger partial charge on any atom is -0.393 e. The SMILES string of the molecule is CC[C@H](O)CC1(CC)CS(=O)(=O)c2ccccc2C(c2ccccc2)N1. The maximum absolute atomic E-state index is 13.2. The Morgan fingerprint density at radius 1 is 1.12 bits per heavy atom. The first-order valence-corrected chi connectivity index (χ1v) is 10.9. The summed E-state index contributed by atoms with van der Waals surface area (Å²) < 4.78 is 26.4. The van der Waals surface area contributed by atoms with Crippen LogP contribution in [0.1, 0.15) is 50.3 Å². The Labute approximate surface area is 156 Å². The smallest absolute Gasteiger partial charge is 0.180 e. The minimum atomic E-state index is -3.47. The first kappa shape index (κ1) is 19.1. The molecule has 0 radical (unpaired) electrons. The normalized spacial score (nSPS) is 25.9. The molecule has 0 amide bonds. The Balaban J connectivity index is 2.18. The van der Waals surface area contributed by atoms with E-state index in [1.54, 1.807) is 12.1 Å². The second-order valence-electron chi connectivity index (χ2n) is 7.19. The molecule has 1 heterocycles. The first-order valence-electron chi connectivity index (χ1n) is 9.23. The Hall–Kier alpha value is -1.69. The van der Waals surface area contributed by atoms with Crippen LogP contribution < -0.4 is 5.32 Å². The van der Waals surface area contributed by atoms with Gasteiger partial charge in [0.05, 0.1) is 22.8 Å². The van der Waals surface area contributed by atoms with Crippen molar-refractivity contribution in [1.82, 2.24) is 5.32 Å². The van der Waals surface area contributed by atoms with Crippen LogP contribution in [0.25, 0.3) is 0 Å². The zero-order valence-electron chi connectivity index (χ0n) is 15.4. The van der Waals surface area contributed by atoms with E-state index < -0.39 is 21.5 Å². The average molecular weight is 374 g/mol. The minimum absolute atomic E-state index is 0.00604. The molecule has 1 aliphatic rings. The summed E-state index contributed by atoms with van der Waals surface area (Å²) in [5.74, 6) is -0.00604. The number of hydrogen-bond acceptors (Lipinski definition) is 4. The third-order valence-electron chi connectivity index (χ3n) is 5.39. The van der Waals surface area contributed by atoms with Crippen molar-refractivity contribution in [1.29, 1.82) is 0 Å². The van der Waals surface area contributed by atoms with Crippen molar-refractivity contribution in [2.75, 3.05) is 5.75 Å². The van der Waals surface area contributed by atoms with Gasteiger partial charge in [-0.05, 0) is 36.5 Å². The average Bonchev–Trinajstić information content (AvgIpc) is 2.75. The fraction of sp³-hybridized carbons (Fsp3) is 0.429. The predicted octanol–water partition coefficient (Wildman–Crippen LogP) is 3.46. The van der Waals surface area contributed by atoms with Gasteiger partial charge in [0.25, 0.3) is 0 Å². The summed E-state index contributed by atoms with van der Waals surface area (Å²) in [5.41, 5.74) is 1.13. The van der Waals surface area contributed by atoms with Gasteiger partial charge in [0.1, 0.15) is 0 Å². The van der Waals surface area contributed by atoms with E-state index in [9.17, 15) is 13.5 Å². The Bertz CT molecular complexity index is 851. The van der Waals surface area contributed by atoms with Crippen molar-refractivity contribution in [3.8, 4) is 0 Å². The molecule has 2 aromatic carbocycles. The van der Waals surface area contributed by atoms with Gasteiger partial charge in [-0.25, -0.2) is 8.42 Å². The molecule has 4 nitrogen and oxygen atoms in total. The largest absolute Gasteiger partial charge is 0.393 e. The third-order valence-corrected chi connectivity index (χ3v) is 7.36. The number of benzene rings is 2. The van der Waals surface area contributed by atoms with Crippen LogP contribution in [0.5, 0.6) is 0 Å². The van der Waals surface area contributed by atoms with E-state index in [-0.39, 0.29) is 11.8 Å². The highest BCUT2D eigenvalue weighted by molar-refractivity contribution is 7.91. The Morgan fingerprint density at radius 3 is 2.42 bits per heavy atom. The molecule has 0 fully saturated rings. The van der Waals surface area contributed by atoms with Crippen LogP contribution in [0, 0.1) is 0 Å². The fourth-order valence-electron chi connectivity index (χ4n) is 3.84. The van der Waals surface area contributed by atoms with Crippen LogP contribution in [-0.2, 0) is 9.84 Å². The molecular weight excluding hydrogens is 346 g/mol. The second-order valence-corrected chi connectivity index (χ2v) is 9.14. The molecule has 0 bridgehead atoms. The van der Waals surface area contributed by atoms with E-state index in [2.05, 4.69) is 5.32 Å². The van der Waals surface area contributed by atoms with Crippen LogP contribution in [-0.4, -0.2) is 30.9 Å². The van der Waals surface area contributed by atoms with Gasteiger partial charge in [-0.3, -0.25) is 5.32 Å². The van der Waals surface area contributed by atoms with E-state index >= 15 is 0 Å². The van der Waals surface area contributed by atoms with E-state index in [1.807, 2.05) is 56.3 Å². The number of nitrogens with one attached hydrogen (secondary N) is 1. The zero-order chi connectivity index (χ0) is 18.8. The van der Waals surface area contributed by atoms with Crippen LogP contribution in [0.15, 0.2) is 59.5 Å². The molecule has 2 unspecified atom stereocenters. The van der Waals surface area contributed by atoms with Crippen molar-refractivity contribution < 1.29 is 13.5 Å². The highest BCUT2D eigenvalue weighted by atomic mass is 32.2. The Morgan fingerprint density at radius 2 is 1.77 bits per heavy atom. The van der Waals surface area contributed by atoms with Crippen LogP contribution in [0.4, 0.5) is 0 Å². The number of aliphatic hydroxyl groups excluding tert-OH is 1. The van der Waals surface area contributed by atoms with Gasteiger partial charge in [-0.15, -0.1) is 0 Å². The number of hydrogen-bond donors (Lipinski definition) is 2. The maximum atomic E-state index is 13.2. The molecule has 5 heteroatoms. The lowest BCUT2D eigenvalue weighted by Gasteiger charge is -2.37. The van der Waals surface area contributed by atoms with Crippen molar-refractivity contribution in [3.63, 3.8) is 0 Å². The molecular formula is C21H27NO3S. The van der Waals surface area contributed by atoms with Gasteiger partial charge in [0, 0.05) is 5.54 Å². The number of sulfone groups is 1. The van der Waals surface area contributed by atoms with E-state index in [1.165, 1.54) is 0 Å². The van der Waals surface area contributed by atoms with E-state index in [0.717, 1.165) is 11.1 Å². The quantitative estimate of drug-likeness (QED) is 0.842. The number of fused-ring (bicyclic) bond motifs is 1. The molecule has 140 valence electrons. The number of aliphatic hydroxyl groups is 1. The molecule has 0 aromatic heterocycles. The Kier molecular flexibility index (Phi) is 5.51. The highest BCUT2D eigenvalue weighted by Crippen LogP contribution is 2.37. The van der Waals surface area contributed by atoms with Crippen LogP contribution in [0.3, 0.4) is 0 Å². The molecule has 0 saturated carbocycles. The molecule has 3 atom stereocenters. The van der Waals surface area contributed by atoms with Crippen LogP contribution in [0.2, 0.25) is 0 Å². The molecule has 26 heavy (non-hydrogen) atoms. The van der Waals surface area contributed by atoms with Crippen molar-refractivity contribution >= 4 is 9.84 Å². The molecule has 0 spiro atoms. The lowest BCUT2D eigenvalue weighted by Crippen LogP contribution is -2.52. The lowest BCUT2D eigenvalue weighted by atomic mass is 9.87. The summed E-state index contributed by atoms with van der Waals surface area (Å²) >= 11 is 0. The zero-order valence-corrected chi connectivity index (χ0v) is 16.2. The third kappa shape index (κ3) is 3.70. The monoisotopic (exact) mass is 373 g/mol. The van der Waals surface area contributed by atoms with Gasteiger partial charge in [-0.2, -0.15) is 0 Å². The molecule has 0 saturated heterocycles. The molecule has 3 rings (SSSR count). The molecule has 2 aromatic rings. The molecule has 0 aliphatic carbocycles.